The largest absolute Gasteiger partial charge is 0.367 e. The van der Waals surface area contributed by atoms with E-state index >= 15 is 0 Å². The minimum atomic E-state index is -0.0383. The molecule has 8 heteroatoms. The predicted octanol–water partition coefficient (Wildman–Crippen LogP) is 3.24. The molecule has 0 spiro atoms. The molecule has 3 aromatic rings. The van der Waals surface area contributed by atoms with Gasteiger partial charge in [-0.25, -0.2) is 9.97 Å². The second-order valence-corrected chi connectivity index (χ2v) is 9.61. The summed E-state index contributed by atoms with van der Waals surface area (Å²) in [7, 11) is 2.10. The Morgan fingerprint density at radius 3 is 2.47 bits per heavy atom. The highest BCUT2D eigenvalue weighted by molar-refractivity contribution is 6.18. The summed E-state index contributed by atoms with van der Waals surface area (Å²) < 4.78 is 0. The Balaban J connectivity index is 1.29. The monoisotopic (exact) mass is 460 g/mol. The van der Waals surface area contributed by atoms with Crippen LogP contribution in [0.4, 0.5) is 5.82 Å². The SMILES string of the molecule is Cc1ccccc1C(=O)c1c[nH]c2ncnc(N[C@H]3CC[C@H](C(=O)N4CCN(C)CC4)CC3)c12. The van der Waals surface area contributed by atoms with Gasteiger partial charge in [0.05, 0.1) is 10.9 Å². The van der Waals surface area contributed by atoms with Crippen LogP contribution in [0.3, 0.4) is 0 Å². The first-order valence-corrected chi connectivity index (χ1v) is 12.2. The predicted molar refractivity (Wildman–Crippen MR) is 132 cm³/mol. The van der Waals surface area contributed by atoms with Crippen LogP contribution in [0.1, 0.15) is 47.2 Å². The number of aryl methyl sites for hydroxylation is 1. The first kappa shape index (κ1) is 22.5. The van der Waals surface area contributed by atoms with E-state index in [9.17, 15) is 9.59 Å². The summed E-state index contributed by atoms with van der Waals surface area (Å²) in [5.74, 6) is 1.06. The zero-order chi connectivity index (χ0) is 23.7. The van der Waals surface area contributed by atoms with E-state index in [0.717, 1.165) is 62.8 Å². The normalized spacial score (nSPS) is 21.5. The summed E-state index contributed by atoms with van der Waals surface area (Å²) >= 11 is 0. The number of anilines is 1. The highest BCUT2D eigenvalue weighted by Crippen LogP contribution is 2.31. The third-order valence-corrected chi connectivity index (χ3v) is 7.34. The lowest BCUT2D eigenvalue weighted by Crippen LogP contribution is -2.49. The van der Waals surface area contributed by atoms with E-state index in [-0.39, 0.29) is 17.7 Å². The summed E-state index contributed by atoms with van der Waals surface area (Å²) in [6.45, 7) is 5.51. The van der Waals surface area contributed by atoms with Crippen LogP contribution in [0.15, 0.2) is 36.8 Å². The van der Waals surface area contributed by atoms with Gasteiger partial charge in [-0.2, -0.15) is 0 Å². The molecule has 1 saturated heterocycles. The average Bonchev–Trinajstić information content (AvgIpc) is 3.30. The lowest BCUT2D eigenvalue weighted by atomic mass is 9.85. The maximum atomic E-state index is 13.3. The number of amides is 1. The molecule has 2 aromatic heterocycles. The van der Waals surface area contributed by atoms with Crippen molar-refractivity contribution in [1.82, 2.24) is 24.8 Å². The number of carbonyl (C=O) groups excluding carboxylic acids is 2. The van der Waals surface area contributed by atoms with Crippen molar-refractivity contribution in [2.24, 2.45) is 5.92 Å². The highest BCUT2D eigenvalue weighted by Gasteiger charge is 2.31. The van der Waals surface area contributed by atoms with Crippen molar-refractivity contribution >= 4 is 28.5 Å². The van der Waals surface area contributed by atoms with Crippen LogP contribution < -0.4 is 5.32 Å². The molecule has 1 aliphatic heterocycles. The molecule has 2 aliphatic rings. The molecule has 0 bridgehead atoms. The molecular weight excluding hydrogens is 428 g/mol. The summed E-state index contributed by atoms with van der Waals surface area (Å²) in [4.78, 5) is 42.6. The summed E-state index contributed by atoms with van der Waals surface area (Å²) in [6, 6.07) is 7.83. The Morgan fingerprint density at radius 2 is 1.74 bits per heavy atom. The van der Waals surface area contributed by atoms with Crippen LogP contribution in [0.2, 0.25) is 0 Å². The van der Waals surface area contributed by atoms with Crippen LogP contribution in [-0.2, 0) is 4.79 Å². The fourth-order valence-electron chi connectivity index (χ4n) is 5.19. The Labute approximate surface area is 199 Å². The third-order valence-electron chi connectivity index (χ3n) is 7.34. The maximum Gasteiger partial charge on any atom is 0.225 e. The molecule has 1 saturated carbocycles. The zero-order valence-corrected chi connectivity index (χ0v) is 19.9. The molecule has 1 aromatic carbocycles. The average molecular weight is 461 g/mol. The Hall–Kier alpha value is -3.26. The number of fused-ring (bicyclic) bond motifs is 1. The van der Waals surface area contributed by atoms with E-state index in [0.29, 0.717) is 28.5 Å². The second-order valence-electron chi connectivity index (χ2n) is 9.61. The van der Waals surface area contributed by atoms with Crippen molar-refractivity contribution in [2.45, 2.75) is 38.6 Å². The fourth-order valence-corrected chi connectivity index (χ4v) is 5.19. The number of nitrogens with one attached hydrogen (secondary N) is 2. The lowest BCUT2D eigenvalue weighted by molar-refractivity contribution is -0.138. The topological polar surface area (TPSA) is 94.2 Å². The molecule has 0 atom stereocenters. The van der Waals surface area contributed by atoms with Crippen molar-refractivity contribution < 1.29 is 9.59 Å². The smallest absolute Gasteiger partial charge is 0.225 e. The van der Waals surface area contributed by atoms with E-state index in [2.05, 4.69) is 32.2 Å². The number of aromatic nitrogens is 3. The van der Waals surface area contributed by atoms with E-state index in [4.69, 9.17) is 0 Å². The number of rotatable bonds is 5. The van der Waals surface area contributed by atoms with Gasteiger partial charge < -0.3 is 20.1 Å². The number of hydrogen-bond acceptors (Lipinski definition) is 6. The molecule has 5 rings (SSSR count). The van der Waals surface area contributed by atoms with Gasteiger partial charge in [-0.15, -0.1) is 0 Å². The van der Waals surface area contributed by atoms with Gasteiger partial charge in [-0.05, 0) is 45.2 Å². The molecule has 8 nitrogen and oxygen atoms in total. The quantitative estimate of drug-likeness (QED) is 0.568. The summed E-state index contributed by atoms with van der Waals surface area (Å²) in [6.07, 6.45) is 6.80. The number of H-pyrrole nitrogens is 1. The molecular formula is C26H32N6O2. The van der Waals surface area contributed by atoms with E-state index in [1.807, 2.05) is 36.1 Å². The Kier molecular flexibility index (Phi) is 6.32. The van der Waals surface area contributed by atoms with E-state index in [1.165, 1.54) is 6.33 Å². The minimum Gasteiger partial charge on any atom is -0.367 e. The van der Waals surface area contributed by atoms with Crippen molar-refractivity contribution in [1.29, 1.82) is 0 Å². The first-order valence-electron chi connectivity index (χ1n) is 12.2. The standard InChI is InChI=1S/C26H32N6O2/c1-17-5-3-4-6-20(17)23(33)21-15-27-24-22(21)25(29-16-28-24)30-19-9-7-18(8-10-19)26(34)32-13-11-31(2)12-14-32/h3-6,15-16,18-19H,7-14H2,1-2H3,(H2,27,28,29,30)/t18-,19-. The van der Waals surface area contributed by atoms with E-state index < -0.39 is 0 Å². The Bertz CT molecular complexity index is 1190. The highest BCUT2D eigenvalue weighted by atomic mass is 16.2. The molecule has 2 N–H and O–H groups in total. The van der Waals surface area contributed by atoms with Gasteiger partial charge in [0.25, 0.3) is 0 Å². The van der Waals surface area contributed by atoms with Crippen molar-refractivity contribution in [3.05, 3.63) is 53.5 Å². The van der Waals surface area contributed by atoms with Gasteiger partial charge in [0.15, 0.2) is 5.78 Å². The Morgan fingerprint density at radius 1 is 1.00 bits per heavy atom. The van der Waals surface area contributed by atoms with E-state index in [1.54, 1.807) is 6.20 Å². The van der Waals surface area contributed by atoms with Gasteiger partial charge in [0.1, 0.15) is 17.8 Å². The molecule has 1 amide bonds. The molecule has 1 aliphatic carbocycles. The number of piperazine rings is 1. The van der Waals surface area contributed by atoms with Crippen LogP contribution >= 0.6 is 0 Å². The van der Waals surface area contributed by atoms with Gasteiger partial charge in [0, 0.05) is 49.9 Å². The van der Waals surface area contributed by atoms with Gasteiger partial charge in [-0.3, -0.25) is 9.59 Å². The molecule has 3 heterocycles. The van der Waals surface area contributed by atoms with Crippen LogP contribution in [0, 0.1) is 12.8 Å². The first-order chi connectivity index (χ1) is 16.5. The third kappa shape index (κ3) is 4.42. The van der Waals surface area contributed by atoms with Crippen LogP contribution in [0.25, 0.3) is 11.0 Å². The number of ketones is 1. The molecule has 178 valence electrons. The number of nitrogens with zero attached hydrogens (tertiary/aromatic N) is 4. The number of hydrogen-bond donors (Lipinski definition) is 2. The lowest BCUT2D eigenvalue weighted by Gasteiger charge is -2.36. The van der Waals surface area contributed by atoms with Gasteiger partial charge in [0.2, 0.25) is 5.91 Å². The minimum absolute atomic E-state index is 0.0383. The molecule has 34 heavy (non-hydrogen) atoms. The number of aromatic amines is 1. The molecule has 2 fully saturated rings. The molecule has 0 radical (unpaired) electrons. The summed E-state index contributed by atoms with van der Waals surface area (Å²) in [5.41, 5.74) is 2.84. The number of carbonyl (C=O) groups is 2. The van der Waals surface area contributed by atoms with Gasteiger partial charge in [-0.1, -0.05) is 24.3 Å². The van der Waals surface area contributed by atoms with Crippen molar-refractivity contribution in [2.75, 3.05) is 38.5 Å². The second kappa shape index (κ2) is 9.54. The van der Waals surface area contributed by atoms with Crippen LogP contribution in [-0.4, -0.2) is 75.7 Å². The fraction of sp³-hybridized carbons (Fsp3) is 0.462. The van der Waals surface area contributed by atoms with Gasteiger partial charge >= 0.3 is 0 Å². The zero-order valence-electron chi connectivity index (χ0n) is 19.9. The maximum absolute atomic E-state index is 13.3. The number of likely N-dealkylation sites (N-methyl/N-ethyl adjacent to an activating group) is 1. The van der Waals surface area contributed by atoms with Crippen molar-refractivity contribution in [3.8, 4) is 0 Å². The van der Waals surface area contributed by atoms with Crippen LogP contribution in [0.5, 0.6) is 0 Å². The summed E-state index contributed by atoms with van der Waals surface area (Å²) in [5, 5.41) is 4.29. The molecule has 0 unspecified atom stereocenters. The number of benzene rings is 1. The van der Waals surface area contributed by atoms with Crippen molar-refractivity contribution in [3.63, 3.8) is 0 Å².